The molecule has 0 amide bonds. The van der Waals surface area contributed by atoms with E-state index in [4.69, 9.17) is 19.1 Å². The molecule has 46 heavy (non-hydrogen) atoms. The molecule has 0 fully saturated rings. The van der Waals surface area contributed by atoms with Gasteiger partial charge < -0.3 is 13.7 Å². The molecule has 6 heteroatoms. The maximum Gasteiger partial charge on any atom is 0.140 e. The number of rotatable bonds is 4. The van der Waals surface area contributed by atoms with Gasteiger partial charge in [0.15, 0.2) is 0 Å². The molecule has 0 saturated heterocycles. The first-order valence-electron chi connectivity index (χ1n) is 15.5. The van der Waals surface area contributed by atoms with Crippen molar-refractivity contribution in [3.63, 3.8) is 0 Å². The minimum atomic E-state index is -0.333. The van der Waals surface area contributed by atoms with Crippen LogP contribution in [0.5, 0.6) is 11.5 Å². The summed E-state index contributed by atoms with van der Waals surface area (Å²) in [6, 6.07) is 41.3. The Bertz CT molecular complexity index is 2460. The van der Waals surface area contributed by atoms with Crippen LogP contribution in [0.2, 0.25) is 0 Å². The quantitative estimate of drug-likeness (QED) is 0.202. The van der Waals surface area contributed by atoms with E-state index in [0.717, 1.165) is 73.1 Å². The molecule has 0 spiro atoms. The first-order valence-corrected chi connectivity index (χ1v) is 15.5. The van der Waals surface area contributed by atoms with Gasteiger partial charge in [-0.1, -0.05) is 68.4 Å². The second-order valence-corrected chi connectivity index (χ2v) is 12.4. The molecular formula is C40H30N4O2. The van der Waals surface area contributed by atoms with E-state index >= 15 is 0 Å². The van der Waals surface area contributed by atoms with E-state index in [1.54, 1.807) is 0 Å². The molecule has 0 N–H and O–H groups in total. The van der Waals surface area contributed by atoms with Crippen molar-refractivity contribution in [1.82, 2.24) is 14.5 Å². The van der Waals surface area contributed by atoms with Gasteiger partial charge in [0.25, 0.3) is 0 Å². The van der Waals surface area contributed by atoms with Crippen molar-refractivity contribution in [2.24, 2.45) is 7.05 Å². The molecule has 3 aromatic heterocycles. The number of furan rings is 1. The fraction of sp³-hybridized carbons (Fsp3) is 0.100. The number of nitrogens with zero attached hydrogens (tertiary/aromatic N) is 4. The average Bonchev–Trinajstić information content (AvgIpc) is 3.63. The summed E-state index contributed by atoms with van der Waals surface area (Å²) in [7, 11) is 2.05. The molecule has 6 nitrogen and oxygen atoms in total. The number of anilines is 3. The molecule has 222 valence electrons. The highest BCUT2D eigenvalue weighted by molar-refractivity contribution is 6.10. The summed E-state index contributed by atoms with van der Waals surface area (Å²) in [6.45, 7) is 4.59. The maximum atomic E-state index is 6.58. The van der Waals surface area contributed by atoms with Crippen LogP contribution in [-0.4, -0.2) is 14.5 Å². The number of hydrogen-bond donors (Lipinski definition) is 0. The lowest BCUT2D eigenvalue weighted by Gasteiger charge is -2.42. The zero-order valence-corrected chi connectivity index (χ0v) is 25.7. The average molecular weight is 599 g/mol. The first-order chi connectivity index (χ1) is 22.5. The Morgan fingerprint density at radius 3 is 2.41 bits per heavy atom. The van der Waals surface area contributed by atoms with E-state index < -0.39 is 0 Å². The number of aromatic nitrogens is 3. The van der Waals surface area contributed by atoms with Crippen molar-refractivity contribution in [3.8, 4) is 22.9 Å². The normalized spacial score (nSPS) is 13.7. The molecule has 0 radical (unpaired) electrons. The summed E-state index contributed by atoms with van der Waals surface area (Å²) in [5.74, 6) is 3.23. The number of imidazole rings is 1. The topological polar surface area (TPSA) is 56.3 Å². The highest BCUT2D eigenvalue weighted by Gasteiger charge is 2.40. The predicted molar refractivity (Wildman–Crippen MR) is 185 cm³/mol. The van der Waals surface area contributed by atoms with Crippen molar-refractivity contribution < 1.29 is 9.15 Å². The fourth-order valence-electron chi connectivity index (χ4n) is 7.15. The van der Waals surface area contributed by atoms with Gasteiger partial charge >= 0.3 is 0 Å². The van der Waals surface area contributed by atoms with E-state index in [-0.39, 0.29) is 5.41 Å². The Labute approximate surface area is 266 Å². The molecule has 9 rings (SSSR count). The third kappa shape index (κ3) is 3.90. The molecule has 0 atom stereocenters. The number of aryl methyl sites for hydroxylation is 1. The lowest BCUT2D eigenvalue weighted by molar-refractivity contribution is 0.482. The molecule has 1 aliphatic rings. The van der Waals surface area contributed by atoms with Gasteiger partial charge in [-0.25, -0.2) is 9.97 Å². The van der Waals surface area contributed by atoms with E-state index in [1.807, 2.05) is 67.8 Å². The van der Waals surface area contributed by atoms with Crippen molar-refractivity contribution in [2.45, 2.75) is 19.3 Å². The van der Waals surface area contributed by atoms with Gasteiger partial charge in [-0.15, -0.1) is 0 Å². The summed E-state index contributed by atoms with van der Waals surface area (Å²) in [6.07, 6.45) is 1.84. The number of hydrogen-bond acceptors (Lipinski definition) is 5. The number of benzene rings is 5. The van der Waals surface area contributed by atoms with Gasteiger partial charge in [0, 0.05) is 41.1 Å². The van der Waals surface area contributed by atoms with Crippen LogP contribution in [0, 0.1) is 0 Å². The number of fused-ring (bicyclic) bond motifs is 7. The number of para-hydroxylation sites is 3. The Morgan fingerprint density at radius 2 is 1.54 bits per heavy atom. The lowest BCUT2D eigenvalue weighted by atomic mass is 9.72. The Balaban J connectivity index is 1.18. The highest BCUT2D eigenvalue weighted by atomic mass is 16.5. The molecule has 0 saturated carbocycles. The van der Waals surface area contributed by atoms with E-state index in [0.29, 0.717) is 0 Å². The van der Waals surface area contributed by atoms with Crippen molar-refractivity contribution in [3.05, 3.63) is 139 Å². The largest absolute Gasteiger partial charge is 0.457 e. The fourth-order valence-corrected chi connectivity index (χ4v) is 7.15. The van der Waals surface area contributed by atoms with E-state index in [2.05, 4.69) is 90.0 Å². The second-order valence-electron chi connectivity index (χ2n) is 12.4. The van der Waals surface area contributed by atoms with Crippen LogP contribution in [0.15, 0.2) is 132 Å². The molecule has 4 heterocycles. The molecule has 5 aromatic carbocycles. The number of ether oxygens (including phenoxy) is 1. The molecule has 8 aromatic rings. The summed E-state index contributed by atoms with van der Waals surface area (Å²) in [4.78, 5) is 12.0. The third-order valence-corrected chi connectivity index (χ3v) is 9.26. The SMILES string of the molecule is Cn1c(-c2cccc(Oc3ccc4c(c3)N(c3ccccn3)c3ccc5oc6ccccc6c5c3C4(C)C)c2)nc2ccccc21. The minimum Gasteiger partial charge on any atom is -0.457 e. The van der Waals surface area contributed by atoms with Gasteiger partial charge in [0.05, 0.1) is 22.4 Å². The van der Waals surface area contributed by atoms with Crippen LogP contribution in [0.1, 0.15) is 25.0 Å². The Kier molecular flexibility index (Phi) is 5.66. The standard InChI is InChI=1S/C40H30N4O2/c1-40(2)29-19-18-27(45-26-12-10-11-25(23-26)39-42-30-14-5-6-15-31(30)43(39)3)24-33(29)44(36-17-8-9-22-41-36)32-20-21-35-37(38(32)40)28-13-4-7-16-34(28)46-35/h4-24H,1-3H3. The van der Waals surface area contributed by atoms with Gasteiger partial charge in [0.1, 0.15) is 34.3 Å². The summed E-state index contributed by atoms with van der Waals surface area (Å²) in [5.41, 5.74) is 9.02. The van der Waals surface area contributed by atoms with Crippen molar-refractivity contribution >= 4 is 50.2 Å². The van der Waals surface area contributed by atoms with Gasteiger partial charge in [-0.05, 0) is 71.8 Å². The van der Waals surface area contributed by atoms with E-state index in [1.165, 1.54) is 11.1 Å². The number of pyridine rings is 1. The zero-order valence-electron chi connectivity index (χ0n) is 25.7. The third-order valence-electron chi connectivity index (χ3n) is 9.26. The smallest absolute Gasteiger partial charge is 0.140 e. The molecule has 1 aliphatic heterocycles. The van der Waals surface area contributed by atoms with Gasteiger partial charge in [0.2, 0.25) is 0 Å². The van der Waals surface area contributed by atoms with Crippen LogP contribution in [0.25, 0.3) is 44.4 Å². The van der Waals surface area contributed by atoms with Gasteiger partial charge in [-0.3, -0.25) is 4.90 Å². The van der Waals surface area contributed by atoms with Crippen molar-refractivity contribution in [2.75, 3.05) is 4.90 Å². The summed E-state index contributed by atoms with van der Waals surface area (Å²) < 4.78 is 15.0. The molecule has 0 bridgehead atoms. The predicted octanol–water partition coefficient (Wildman–Crippen LogP) is 10.4. The zero-order chi connectivity index (χ0) is 31.0. The minimum absolute atomic E-state index is 0.333. The second kappa shape index (κ2) is 9.81. The maximum absolute atomic E-state index is 6.58. The van der Waals surface area contributed by atoms with Crippen LogP contribution in [0.4, 0.5) is 17.2 Å². The lowest BCUT2D eigenvalue weighted by Crippen LogP contribution is -2.31. The van der Waals surface area contributed by atoms with Gasteiger partial charge in [-0.2, -0.15) is 0 Å². The molecule has 0 aliphatic carbocycles. The Morgan fingerprint density at radius 1 is 0.717 bits per heavy atom. The van der Waals surface area contributed by atoms with Crippen LogP contribution in [-0.2, 0) is 12.5 Å². The highest BCUT2D eigenvalue weighted by Crippen LogP contribution is 2.55. The van der Waals surface area contributed by atoms with Crippen LogP contribution < -0.4 is 9.64 Å². The Hall–Kier alpha value is -5.88. The van der Waals surface area contributed by atoms with Crippen LogP contribution >= 0.6 is 0 Å². The first kappa shape index (κ1) is 26.5. The summed E-state index contributed by atoms with van der Waals surface area (Å²) in [5, 5.41) is 2.26. The van der Waals surface area contributed by atoms with E-state index in [9.17, 15) is 0 Å². The molecular weight excluding hydrogens is 568 g/mol. The monoisotopic (exact) mass is 598 g/mol. The van der Waals surface area contributed by atoms with Crippen molar-refractivity contribution in [1.29, 1.82) is 0 Å². The molecule has 0 unspecified atom stereocenters. The van der Waals surface area contributed by atoms with Crippen LogP contribution in [0.3, 0.4) is 0 Å². The summed E-state index contributed by atoms with van der Waals surface area (Å²) >= 11 is 0.